The first-order valence-electron chi connectivity index (χ1n) is 5.29. The molecule has 0 heterocycles. The van der Waals surface area contributed by atoms with E-state index < -0.39 is 0 Å². The molecule has 0 saturated carbocycles. The molecule has 0 aliphatic rings. The zero-order valence-corrected chi connectivity index (χ0v) is 9.43. The monoisotopic (exact) mass is 229 g/mol. The number of aryl methyl sites for hydroxylation is 1. The summed E-state index contributed by atoms with van der Waals surface area (Å²) in [6.07, 6.45) is 1.46. The third-order valence-electron chi connectivity index (χ3n) is 2.46. The minimum Gasteiger partial charge on any atom is -0.618 e. The van der Waals surface area contributed by atoms with E-state index in [0.29, 0.717) is 11.3 Å². The number of rotatable bonds is 2. The van der Waals surface area contributed by atoms with Gasteiger partial charge in [-0.2, -0.15) is 4.74 Å². The maximum absolute atomic E-state index is 13.1. The molecule has 0 fully saturated rings. The van der Waals surface area contributed by atoms with E-state index in [1.807, 2.05) is 30.3 Å². The summed E-state index contributed by atoms with van der Waals surface area (Å²) in [5.41, 5.74) is 1.70. The Morgan fingerprint density at radius 3 is 2.47 bits per heavy atom. The van der Waals surface area contributed by atoms with Crippen molar-refractivity contribution in [3.8, 4) is 0 Å². The van der Waals surface area contributed by atoms with E-state index in [0.717, 1.165) is 10.3 Å². The summed E-state index contributed by atoms with van der Waals surface area (Å²) in [4.78, 5) is 0. The van der Waals surface area contributed by atoms with Gasteiger partial charge in [0.1, 0.15) is 5.82 Å². The molecule has 0 atom stereocenters. The van der Waals surface area contributed by atoms with Gasteiger partial charge in [-0.05, 0) is 30.7 Å². The van der Waals surface area contributed by atoms with Crippen LogP contribution in [0, 0.1) is 17.9 Å². The first-order chi connectivity index (χ1) is 8.16. The van der Waals surface area contributed by atoms with Crippen LogP contribution >= 0.6 is 0 Å². The van der Waals surface area contributed by atoms with Crippen LogP contribution in [0.1, 0.15) is 11.1 Å². The molecular weight excluding hydrogens is 217 g/mol. The summed E-state index contributed by atoms with van der Waals surface area (Å²) in [5, 5.41) is 11.8. The van der Waals surface area contributed by atoms with E-state index in [1.54, 1.807) is 6.92 Å². The van der Waals surface area contributed by atoms with Gasteiger partial charge in [-0.25, -0.2) is 4.39 Å². The zero-order valence-electron chi connectivity index (χ0n) is 9.43. The Hall–Kier alpha value is -2.16. The molecule has 0 aliphatic carbocycles. The molecular formula is C14H12FNO. The molecule has 0 bridgehead atoms. The van der Waals surface area contributed by atoms with E-state index in [2.05, 4.69) is 0 Å². The highest BCUT2D eigenvalue weighted by atomic mass is 19.1. The topological polar surface area (TPSA) is 26.1 Å². The van der Waals surface area contributed by atoms with E-state index in [4.69, 9.17) is 0 Å². The molecule has 0 aliphatic heterocycles. The van der Waals surface area contributed by atoms with Crippen molar-refractivity contribution in [3.63, 3.8) is 0 Å². The van der Waals surface area contributed by atoms with E-state index in [1.165, 1.54) is 24.4 Å². The Labute approximate surface area is 99.2 Å². The van der Waals surface area contributed by atoms with Crippen LogP contribution in [0.5, 0.6) is 0 Å². The Balaban J connectivity index is 2.34. The predicted molar refractivity (Wildman–Crippen MR) is 66.0 cm³/mol. The molecule has 0 spiro atoms. The minimum absolute atomic E-state index is 0.304. The molecule has 0 radical (unpaired) electrons. The third-order valence-corrected chi connectivity index (χ3v) is 2.46. The molecule has 0 N–H and O–H groups in total. The SMILES string of the molecule is Cc1cc([N+]([O-])=Cc2ccccc2)ccc1F. The summed E-state index contributed by atoms with van der Waals surface area (Å²) < 4.78 is 13.8. The van der Waals surface area contributed by atoms with Gasteiger partial charge >= 0.3 is 0 Å². The van der Waals surface area contributed by atoms with Gasteiger partial charge in [0.15, 0.2) is 6.21 Å². The molecule has 0 aromatic heterocycles. The average molecular weight is 229 g/mol. The Morgan fingerprint density at radius 1 is 1.12 bits per heavy atom. The highest BCUT2D eigenvalue weighted by Gasteiger charge is 2.05. The van der Waals surface area contributed by atoms with Gasteiger partial charge in [0, 0.05) is 17.7 Å². The van der Waals surface area contributed by atoms with Crippen molar-refractivity contribution in [2.75, 3.05) is 0 Å². The van der Waals surface area contributed by atoms with Crippen molar-refractivity contribution in [3.05, 3.63) is 70.7 Å². The van der Waals surface area contributed by atoms with Gasteiger partial charge in [-0.15, -0.1) is 0 Å². The van der Waals surface area contributed by atoms with Crippen LogP contribution in [0.4, 0.5) is 10.1 Å². The lowest BCUT2D eigenvalue weighted by Gasteiger charge is -2.04. The second-order valence-electron chi connectivity index (χ2n) is 3.80. The summed E-state index contributed by atoms with van der Waals surface area (Å²) in [7, 11) is 0. The molecule has 86 valence electrons. The fourth-order valence-electron chi connectivity index (χ4n) is 1.51. The second-order valence-corrected chi connectivity index (χ2v) is 3.80. The van der Waals surface area contributed by atoms with E-state index in [-0.39, 0.29) is 5.82 Å². The number of nitrogens with zero attached hydrogens (tertiary/aromatic N) is 1. The van der Waals surface area contributed by atoms with Crippen molar-refractivity contribution < 1.29 is 9.13 Å². The standard InChI is InChI=1S/C14H12FNO/c1-11-9-13(7-8-14(11)15)16(17)10-12-5-3-2-4-6-12/h2-10H,1H3. The molecule has 2 nitrogen and oxygen atoms in total. The van der Waals surface area contributed by atoms with Crippen molar-refractivity contribution in [1.82, 2.24) is 0 Å². The molecule has 2 aromatic rings. The summed E-state index contributed by atoms with van der Waals surface area (Å²) in [5.74, 6) is -0.304. The average Bonchev–Trinajstić information content (AvgIpc) is 2.34. The van der Waals surface area contributed by atoms with Crippen molar-refractivity contribution in [2.24, 2.45) is 0 Å². The van der Waals surface area contributed by atoms with Crippen LogP contribution < -0.4 is 0 Å². The lowest BCUT2D eigenvalue weighted by molar-refractivity contribution is -0.354. The van der Waals surface area contributed by atoms with Gasteiger partial charge < -0.3 is 5.21 Å². The normalized spacial score (nSPS) is 11.5. The predicted octanol–water partition coefficient (Wildman–Crippen LogP) is 3.40. The second kappa shape index (κ2) is 4.78. The van der Waals surface area contributed by atoms with E-state index >= 15 is 0 Å². The van der Waals surface area contributed by atoms with Gasteiger partial charge in [-0.1, -0.05) is 18.2 Å². The van der Waals surface area contributed by atoms with Crippen molar-refractivity contribution >= 4 is 11.9 Å². The molecule has 17 heavy (non-hydrogen) atoms. The van der Waals surface area contributed by atoms with Gasteiger partial charge in [0.2, 0.25) is 5.69 Å². The van der Waals surface area contributed by atoms with Crippen molar-refractivity contribution in [2.45, 2.75) is 6.92 Å². The van der Waals surface area contributed by atoms with Crippen LogP contribution in [0.3, 0.4) is 0 Å². The zero-order chi connectivity index (χ0) is 12.3. The Bertz CT molecular complexity index is 549. The Kier molecular flexibility index (Phi) is 3.19. The highest BCUT2D eigenvalue weighted by Crippen LogP contribution is 2.16. The quantitative estimate of drug-likeness (QED) is 0.335. The summed E-state index contributed by atoms with van der Waals surface area (Å²) in [6, 6.07) is 13.6. The maximum Gasteiger partial charge on any atom is 0.216 e. The number of hydrogen-bond donors (Lipinski definition) is 0. The maximum atomic E-state index is 13.1. The Morgan fingerprint density at radius 2 is 1.82 bits per heavy atom. The summed E-state index contributed by atoms with van der Waals surface area (Å²) >= 11 is 0. The van der Waals surface area contributed by atoms with E-state index in [9.17, 15) is 9.60 Å². The van der Waals surface area contributed by atoms with Crippen LogP contribution in [0.2, 0.25) is 0 Å². The highest BCUT2D eigenvalue weighted by molar-refractivity contribution is 5.76. The van der Waals surface area contributed by atoms with Crippen molar-refractivity contribution in [1.29, 1.82) is 0 Å². The minimum atomic E-state index is -0.304. The van der Waals surface area contributed by atoms with Crippen LogP contribution in [-0.2, 0) is 0 Å². The third kappa shape index (κ3) is 2.69. The fraction of sp³-hybridized carbons (Fsp3) is 0.0714. The fourth-order valence-corrected chi connectivity index (χ4v) is 1.51. The molecule has 2 rings (SSSR count). The molecule has 0 unspecified atom stereocenters. The first-order valence-corrected chi connectivity index (χ1v) is 5.29. The number of benzene rings is 2. The molecule has 0 saturated heterocycles. The van der Waals surface area contributed by atoms with Crippen LogP contribution in [0.15, 0.2) is 48.5 Å². The largest absolute Gasteiger partial charge is 0.618 e. The van der Waals surface area contributed by atoms with Gasteiger partial charge in [0.05, 0.1) is 0 Å². The number of hydrogen-bond acceptors (Lipinski definition) is 1. The lowest BCUT2D eigenvalue weighted by Crippen LogP contribution is -1.99. The lowest BCUT2D eigenvalue weighted by atomic mass is 10.2. The first kappa shape index (κ1) is 11.3. The molecule has 0 amide bonds. The number of halogens is 1. The summed E-state index contributed by atoms with van der Waals surface area (Å²) in [6.45, 7) is 1.63. The van der Waals surface area contributed by atoms with Gasteiger partial charge in [0.25, 0.3) is 0 Å². The van der Waals surface area contributed by atoms with Crippen LogP contribution in [-0.4, -0.2) is 11.0 Å². The van der Waals surface area contributed by atoms with Crippen LogP contribution in [0.25, 0.3) is 0 Å². The smallest absolute Gasteiger partial charge is 0.216 e. The molecule has 2 aromatic carbocycles. The van der Waals surface area contributed by atoms with Gasteiger partial charge in [-0.3, -0.25) is 0 Å². The molecule has 3 heteroatoms.